The SMILES string of the molecule is O=C(Nc1nc(-c2ccc(F)cc2F)cs1)c1ccc(S(=O)(=O)N2CCOCC2)cc1. The number of benzene rings is 2. The molecular formula is C20H17F2N3O4S2. The summed E-state index contributed by atoms with van der Waals surface area (Å²) >= 11 is 1.09. The van der Waals surface area contributed by atoms with Crippen molar-refractivity contribution in [3.8, 4) is 11.3 Å². The normalized spacial score (nSPS) is 15.0. The number of amides is 1. The standard InChI is InChI=1S/C20H17F2N3O4S2/c21-14-3-6-16(17(22)11-14)18-12-30-20(23-18)24-19(26)13-1-4-15(5-2-13)31(27,28)25-7-9-29-10-8-25/h1-6,11-12H,7-10H2,(H,23,24,26). The third kappa shape index (κ3) is 4.64. The van der Waals surface area contributed by atoms with Crippen molar-refractivity contribution in [2.45, 2.75) is 4.90 Å². The Bertz CT molecular complexity index is 1210. The fourth-order valence-corrected chi connectivity index (χ4v) is 5.15. The predicted molar refractivity (Wildman–Crippen MR) is 111 cm³/mol. The molecule has 4 rings (SSSR count). The average Bonchev–Trinajstić information content (AvgIpc) is 3.22. The van der Waals surface area contributed by atoms with Crippen molar-refractivity contribution in [1.29, 1.82) is 0 Å². The number of anilines is 1. The molecule has 0 aliphatic carbocycles. The average molecular weight is 466 g/mol. The van der Waals surface area contributed by atoms with Crippen LogP contribution in [0.5, 0.6) is 0 Å². The van der Waals surface area contributed by atoms with Gasteiger partial charge in [-0.15, -0.1) is 11.3 Å². The Morgan fingerprint density at radius 1 is 1.10 bits per heavy atom. The Labute approximate surface area is 181 Å². The molecule has 1 saturated heterocycles. The summed E-state index contributed by atoms with van der Waals surface area (Å²) in [6.07, 6.45) is 0. The molecule has 162 valence electrons. The number of morpholine rings is 1. The van der Waals surface area contributed by atoms with Gasteiger partial charge in [-0.3, -0.25) is 10.1 Å². The summed E-state index contributed by atoms with van der Waals surface area (Å²) < 4.78 is 58.8. The van der Waals surface area contributed by atoms with Crippen LogP contribution in [0.2, 0.25) is 0 Å². The smallest absolute Gasteiger partial charge is 0.257 e. The summed E-state index contributed by atoms with van der Waals surface area (Å²) in [5.74, 6) is -1.93. The second-order valence-corrected chi connectivity index (χ2v) is 9.45. The first kappa shape index (κ1) is 21.5. The lowest BCUT2D eigenvalue weighted by molar-refractivity contribution is 0.0730. The Balaban J connectivity index is 1.46. The summed E-state index contributed by atoms with van der Waals surface area (Å²) in [4.78, 5) is 16.7. The van der Waals surface area contributed by atoms with Crippen LogP contribution < -0.4 is 5.32 Å². The number of nitrogens with one attached hydrogen (secondary N) is 1. The van der Waals surface area contributed by atoms with Gasteiger partial charge in [0.1, 0.15) is 11.6 Å². The van der Waals surface area contributed by atoms with Gasteiger partial charge in [-0.1, -0.05) is 0 Å². The van der Waals surface area contributed by atoms with E-state index in [0.29, 0.717) is 13.2 Å². The lowest BCUT2D eigenvalue weighted by atomic mass is 10.1. The van der Waals surface area contributed by atoms with E-state index in [4.69, 9.17) is 4.74 Å². The molecule has 0 atom stereocenters. The molecule has 0 unspecified atom stereocenters. The van der Waals surface area contributed by atoms with Crippen LogP contribution in [0.15, 0.2) is 52.7 Å². The summed E-state index contributed by atoms with van der Waals surface area (Å²) in [5, 5.41) is 4.37. The summed E-state index contributed by atoms with van der Waals surface area (Å²) in [7, 11) is -3.65. The van der Waals surface area contributed by atoms with Crippen molar-refractivity contribution >= 4 is 32.4 Å². The molecule has 31 heavy (non-hydrogen) atoms. The Kier molecular flexibility index (Phi) is 6.10. The van der Waals surface area contributed by atoms with Crippen LogP contribution >= 0.6 is 11.3 Å². The minimum atomic E-state index is -3.65. The highest BCUT2D eigenvalue weighted by Crippen LogP contribution is 2.28. The van der Waals surface area contributed by atoms with E-state index in [1.807, 2.05) is 0 Å². The topological polar surface area (TPSA) is 88.6 Å². The van der Waals surface area contributed by atoms with Crippen LogP contribution in [0, 0.1) is 11.6 Å². The number of hydrogen-bond donors (Lipinski definition) is 1. The summed E-state index contributed by atoms with van der Waals surface area (Å²) in [6.45, 7) is 1.26. The number of carbonyl (C=O) groups is 1. The molecule has 2 heterocycles. The predicted octanol–water partition coefficient (Wildman–Crippen LogP) is 3.36. The van der Waals surface area contributed by atoms with Gasteiger partial charge in [-0.2, -0.15) is 4.31 Å². The third-order valence-electron chi connectivity index (χ3n) is 4.66. The molecule has 0 spiro atoms. The zero-order chi connectivity index (χ0) is 22.0. The number of carbonyl (C=O) groups excluding carboxylic acids is 1. The Morgan fingerprint density at radius 3 is 2.48 bits per heavy atom. The molecule has 3 aromatic rings. The van der Waals surface area contributed by atoms with Crippen molar-refractivity contribution in [1.82, 2.24) is 9.29 Å². The van der Waals surface area contributed by atoms with Gasteiger partial charge in [0.25, 0.3) is 5.91 Å². The van der Waals surface area contributed by atoms with E-state index < -0.39 is 27.6 Å². The van der Waals surface area contributed by atoms with Crippen molar-refractivity contribution in [3.63, 3.8) is 0 Å². The second-order valence-electron chi connectivity index (χ2n) is 6.66. The van der Waals surface area contributed by atoms with Crippen LogP contribution in [0.3, 0.4) is 0 Å². The molecular weight excluding hydrogens is 448 g/mol. The highest BCUT2D eigenvalue weighted by Gasteiger charge is 2.26. The van der Waals surface area contributed by atoms with E-state index >= 15 is 0 Å². The molecule has 0 radical (unpaired) electrons. The molecule has 1 N–H and O–H groups in total. The first-order valence-electron chi connectivity index (χ1n) is 9.25. The fraction of sp³-hybridized carbons (Fsp3) is 0.200. The van der Waals surface area contributed by atoms with Gasteiger partial charge in [0.2, 0.25) is 10.0 Å². The number of thiazole rings is 1. The van der Waals surface area contributed by atoms with Gasteiger partial charge < -0.3 is 4.74 Å². The van der Waals surface area contributed by atoms with Gasteiger partial charge in [-0.05, 0) is 36.4 Å². The number of sulfonamides is 1. The molecule has 7 nitrogen and oxygen atoms in total. The minimum Gasteiger partial charge on any atom is -0.379 e. The van der Waals surface area contributed by atoms with Gasteiger partial charge in [0, 0.05) is 35.7 Å². The van der Waals surface area contributed by atoms with Gasteiger partial charge in [0.15, 0.2) is 5.13 Å². The Hall–Kier alpha value is -2.73. The number of halogens is 2. The van der Waals surface area contributed by atoms with Gasteiger partial charge >= 0.3 is 0 Å². The largest absolute Gasteiger partial charge is 0.379 e. The molecule has 0 bridgehead atoms. The zero-order valence-electron chi connectivity index (χ0n) is 16.0. The minimum absolute atomic E-state index is 0.0919. The Morgan fingerprint density at radius 2 is 1.81 bits per heavy atom. The number of ether oxygens (including phenoxy) is 1. The van der Waals surface area contributed by atoms with Crippen molar-refractivity contribution in [2.24, 2.45) is 0 Å². The third-order valence-corrected chi connectivity index (χ3v) is 7.33. The van der Waals surface area contributed by atoms with Gasteiger partial charge in [-0.25, -0.2) is 22.2 Å². The molecule has 1 fully saturated rings. The van der Waals surface area contributed by atoms with E-state index in [1.165, 1.54) is 34.6 Å². The number of rotatable bonds is 5. The van der Waals surface area contributed by atoms with Crippen LogP contribution in [0.1, 0.15) is 10.4 Å². The van der Waals surface area contributed by atoms with E-state index in [1.54, 1.807) is 5.38 Å². The maximum atomic E-state index is 13.9. The van der Waals surface area contributed by atoms with Gasteiger partial charge in [0.05, 0.1) is 23.8 Å². The fourth-order valence-electron chi connectivity index (χ4n) is 3.04. The quantitative estimate of drug-likeness (QED) is 0.624. The highest BCUT2D eigenvalue weighted by molar-refractivity contribution is 7.89. The second kappa shape index (κ2) is 8.79. The molecule has 1 amide bonds. The van der Waals surface area contributed by atoms with Crippen LogP contribution in [-0.2, 0) is 14.8 Å². The van der Waals surface area contributed by atoms with Crippen LogP contribution in [0.25, 0.3) is 11.3 Å². The summed E-state index contributed by atoms with van der Waals surface area (Å²) in [6, 6.07) is 8.75. The van der Waals surface area contributed by atoms with Crippen molar-refractivity contribution in [2.75, 3.05) is 31.6 Å². The van der Waals surface area contributed by atoms with E-state index in [2.05, 4.69) is 10.3 Å². The molecule has 1 aliphatic heterocycles. The summed E-state index contributed by atoms with van der Waals surface area (Å²) in [5.41, 5.74) is 0.631. The molecule has 2 aromatic carbocycles. The number of hydrogen-bond acceptors (Lipinski definition) is 6. The first-order chi connectivity index (χ1) is 14.8. The van der Waals surface area contributed by atoms with Crippen LogP contribution in [-0.4, -0.2) is 49.9 Å². The highest BCUT2D eigenvalue weighted by atomic mass is 32.2. The maximum Gasteiger partial charge on any atom is 0.257 e. The van der Waals surface area contributed by atoms with E-state index in [-0.39, 0.29) is 39.9 Å². The molecule has 1 aliphatic rings. The van der Waals surface area contributed by atoms with Crippen LogP contribution in [0.4, 0.5) is 13.9 Å². The maximum absolute atomic E-state index is 13.9. The zero-order valence-corrected chi connectivity index (χ0v) is 17.7. The monoisotopic (exact) mass is 465 g/mol. The van der Waals surface area contributed by atoms with Crippen molar-refractivity contribution < 1.29 is 26.7 Å². The van der Waals surface area contributed by atoms with Crippen molar-refractivity contribution in [3.05, 3.63) is 65.0 Å². The molecule has 0 saturated carbocycles. The lowest BCUT2D eigenvalue weighted by Crippen LogP contribution is -2.40. The number of aromatic nitrogens is 1. The first-order valence-corrected chi connectivity index (χ1v) is 11.6. The lowest BCUT2D eigenvalue weighted by Gasteiger charge is -2.26. The van der Waals surface area contributed by atoms with E-state index in [9.17, 15) is 22.0 Å². The number of nitrogens with zero attached hydrogens (tertiary/aromatic N) is 2. The molecule has 11 heteroatoms. The van der Waals surface area contributed by atoms with E-state index in [0.717, 1.165) is 23.5 Å². The molecule has 1 aromatic heterocycles.